The summed E-state index contributed by atoms with van der Waals surface area (Å²) < 4.78 is 11.4. The monoisotopic (exact) mass is 1070 g/mol. The lowest BCUT2D eigenvalue weighted by molar-refractivity contribution is -0.113. The minimum absolute atomic E-state index is 0.00893. The molecule has 0 unspecified atom stereocenters. The van der Waals surface area contributed by atoms with Gasteiger partial charge < -0.3 is 40.1 Å². The quantitative estimate of drug-likeness (QED) is 0.0957. The van der Waals surface area contributed by atoms with Gasteiger partial charge in [-0.2, -0.15) is 0 Å². The van der Waals surface area contributed by atoms with Gasteiger partial charge in [-0.05, 0) is 175 Å². The normalized spacial score (nSPS) is 16.5. The highest BCUT2D eigenvalue weighted by Crippen LogP contribution is 2.33. The van der Waals surface area contributed by atoms with Gasteiger partial charge in [-0.15, -0.1) is 0 Å². The van der Waals surface area contributed by atoms with Crippen molar-refractivity contribution in [3.05, 3.63) is 233 Å². The van der Waals surface area contributed by atoms with E-state index < -0.39 is 0 Å². The van der Waals surface area contributed by atoms with E-state index in [0.717, 1.165) is 66.4 Å². The molecule has 0 fully saturated rings. The van der Waals surface area contributed by atoms with Crippen LogP contribution in [0.25, 0.3) is 24.3 Å². The summed E-state index contributed by atoms with van der Waals surface area (Å²) in [5, 5.41) is 12.9. The zero-order valence-electron chi connectivity index (χ0n) is 39.5. The van der Waals surface area contributed by atoms with Crippen molar-refractivity contribution in [2.24, 2.45) is 0 Å². The first kappa shape index (κ1) is 49.9. The zero-order valence-corrected chi connectivity index (χ0v) is 42.6. The molecular formula is C58H47BrCl2N6O6. The maximum atomic E-state index is 12.1. The van der Waals surface area contributed by atoms with Crippen molar-refractivity contribution in [3.63, 3.8) is 0 Å². The van der Waals surface area contributed by atoms with Crippen LogP contribution in [0.2, 0.25) is 10.0 Å². The second-order valence-electron chi connectivity index (χ2n) is 17.5. The Kier molecular flexibility index (Phi) is 15.4. The van der Waals surface area contributed by atoms with Gasteiger partial charge in [0, 0.05) is 109 Å². The van der Waals surface area contributed by atoms with E-state index in [1.807, 2.05) is 109 Å². The number of hydrogen-bond acceptors (Lipinski definition) is 6. The van der Waals surface area contributed by atoms with Gasteiger partial charge in [0.05, 0.1) is 12.5 Å². The van der Waals surface area contributed by atoms with Gasteiger partial charge in [-0.25, -0.2) is 0 Å². The molecular weight excluding hydrogens is 1030 g/mol. The van der Waals surface area contributed by atoms with Crippen LogP contribution in [0.4, 0.5) is 22.7 Å². The van der Waals surface area contributed by atoms with Crippen LogP contribution in [-0.4, -0.2) is 33.6 Å². The molecule has 4 aromatic heterocycles. The number of furan rings is 2. The molecule has 12 rings (SSSR count). The predicted molar refractivity (Wildman–Crippen MR) is 293 cm³/mol. The lowest BCUT2D eigenvalue weighted by Crippen LogP contribution is -2.22. The molecule has 4 aliphatic rings. The Labute approximate surface area is 439 Å². The fraction of sp³-hybridized carbons (Fsp3) is 0.103. The van der Waals surface area contributed by atoms with E-state index in [4.69, 9.17) is 32.0 Å². The number of rotatable bonds is 4. The summed E-state index contributed by atoms with van der Waals surface area (Å²) in [5.74, 6) is 1.13. The molecule has 4 aromatic carbocycles. The molecule has 73 heavy (non-hydrogen) atoms. The summed E-state index contributed by atoms with van der Waals surface area (Å²) >= 11 is 15.3. The van der Waals surface area contributed by atoms with E-state index in [1.165, 1.54) is 16.7 Å². The van der Waals surface area contributed by atoms with Crippen molar-refractivity contribution in [2.45, 2.75) is 39.5 Å². The van der Waals surface area contributed by atoms with Gasteiger partial charge in [-0.3, -0.25) is 19.2 Å². The number of carbonyl (C=O) groups excluding carboxylic acids is 4. The number of aryl methyl sites for hydroxylation is 2. The summed E-state index contributed by atoms with van der Waals surface area (Å²) in [7, 11) is 0. The van der Waals surface area contributed by atoms with Crippen molar-refractivity contribution in [1.82, 2.24) is 9.97 Å². The lowest BCUT2D eigenvalue weighted by atomic mass is 9.94. The Morgan fingerprint density at radius 2 is 0.877 bits per heavy atom. The molecule has 6 N–H and O–H groups in total. The Morgan fingerprint density at radius 3 is 1.33 bits per heavy atom. The van der Waals surface area contributed by atoms with E-state index in [9.17, 15) is 19.2 Å². The Hall–Kier alpha value is -8.10. The SMILES string of the molecule is Cc1cc2c(cc1C)NC(=O)/C(=C/c1ccc[nH]1)C2.O=C1Nc2cc(Br)ccc2C/C1=C\c1ccco1.O=C1Nc2ccc(Cl)cc2C/C1=C\c1ccc[nH]1.O=C1Nc2ccc(Cl)cc2C/C1=C\c1ccco1. The Balaban J connectivity index is 0.000000120. The largest absolute Gasteiger partial charge is 0.465 e. The van der Waals surface area contributed by atoms with Crippen molar-refractivity contribution >= 4 is 110 Å². The average Bonchev–Trinajstić information content (AvgIpc) is 4.24. The average molecular weight is 1070 g/mol. The van der Waals surface area contributed by atoms with Crippen LogP contribution in [0.1, 0.15) is 56.3 Å². The molecule has 4 aliphatic heterocycles. The molecule has 0 aliphatic carbocycles. The first-order chi connectivity index (χ1) is 35.3. The third-order valence-corrected chi connectivity index (χ3v) is 13.2. The van der Waals surface area contributed by atoms with E-state index in [0.29, 0.717) is 58.4 Å². The van der Waals surface area contributed by atoms with Gasteiger partial charge >= 0.3 is 0 Å². The molecule has 0 atom stereocenters. The van der Waals surface area contributed by atoms with Crippen molar-refractivity contribution in [1.29, 1.82) is 0 Å². The minimum atomic E-state index is -0.0961. The van der Waals surface area contributed by atoms with Crippen LogP contribution in [0.15, 0.2) is 176 Å². The van der Waals surface area contributed by atoms with Gasteiger partial charge in [0.25, 0.3) is 23.6 Å². The standard InChI is InChI=1S/C16H16N2O.C14H10BrNO2.C14H11ClN2O.C14H10ClNO2/c1-10-6-12-8-13(9-14-4-3-5-17-14)16(19)18-15(12)7-11(10)2;15-11-4-3-9-6-10(7-12-2-1-5-18-12)14(17)16-13(9)8-11;15-11-3-4-13-9(7-11)6-10(14(18)17-13)8-12-2-1-5-16-12;15-11-3-4-13-9(7-11)6-10(14(17)16-13)8-12-2-1-5-18-12/h3-7,9,17H,8H2,1-2H3,(H,18,19);1-5,7-8H,6H2,(H,16,17);1-5,7-8,16H,6H2,(H,17,18);1-5,7-8H,6H2,(H,16,17)/b13-9+;10-7+;2*10-8+. The maximum Gasteiger partial charge on any atom is 0.252 e. The zero-order chi connectivity index (χ0) is 51.0. The van der Waals surface area contributed by atoms with Gasteiger partial charge in [-0.1, -0.05) is 51.3 Å². The minimum Gasteiger partial charge on any atom is -0.465 e. The third-order valence-electron chi connectivity index (χ3n) is 12.2. The summed E-state index contributed by atoms with van der Waals surface area (Å²) in [6, 6.07) is 36.0. The van der Waals surface area contributed by atoms with Crippen molar-refractivity contribution in [2.75, 3.05) is 21.3 Å². The predicted octanol–water partition coefficient (Wildman–Crippen LogP) is 13.6. The molecule has 0 bridgehead atoms. The molecule has 8 aromatic rings. The fourth-order valence-electron chi connectivity index (χ4n) is 8.37. The molecule has 4 amide bonds. The van der Waals surface area contributed by atoms with Crippen LogP contribution in [0.5, 0.6) is 0 Å². The van der Waals surface area contributed by atoms with Crippen molar-refractivity contribution < 1.29 is 28.0 Å². The number of fused-ring (bicyclic) bond motifs is 4. The topological polar surface area (TPSA) is 174 Å². The highest BCUT2D eigenvalue weighted by Gasteiger charge is 2.24. The molecule has 0 radical (unpaired) electrons. The molecule has 8 heterocycles. The highest BCUT2D eigenvalue weighted by atomic mass is 79.9. The first-order valence-corrected chi connectivity index (χ1v) is 24.7. The molecule has 15 heteroatoms. The summed E-state index contributed by atoms with van der Waals surface area (Å²) in [5.41, 5.74) is 15.0. The number of nitrogens with one attached hydrogen (secondary N) is 6. The number of benzene rings is 4. The van der Waals surface area contributed by atoms with Gasteiger partial charge in [0.2, 0.25) is 0 Å². The number of aromatic nitrogens is 2. The number of carbonyl (C=O) groups is 4. The van der Waals surface area contributed by atoms with Crippen molar-refractivity contribution in [3.8, 4) is 0 Å². The van der Waals surface area contributed by atoms with E-state index in [2.05, 4.69) is 67.1 Å². The number of anilines is 4. The van der Waals surface area contributed by atoms with Crippen LogP contribution in [0, 0.1) is 13.8 Å². The summed E-state index contributed by atoms with van der Waals surface area (Å²) in [4.78, 5) is 54.1. The lowest BCUT2D eigenvalue weighted by Gasteiger charge is -2.20. The van der Waals surface area contributed by atoms with E-state index >= 15 is 0 Å². The maximum absolute atomic E-state index is 12.1. The van der Waals surface area contributed by atoms with Gasteiger partial charge in [0.1, 0.15) is 11.5 Å². The fourth-order valence-corrected chi connectivity index (χ4v) is 9.12. The van der Waals surface area contributed by atoms with Gasteiger partial charge in [0.15, 0.2) is 0 Å². The number of H-pyrrole nitrogens is 2. The summed E-state index contributed by atoms with van der Waals surface area (Å²) in [6.45, 7) is 4.16. The highest BCUT2D eigenvalue weighted by molar-refractivity contribution is 9.10. The summed E-state index contributed by atoms with van der Waals surface area (Å²) in [6.07, 6.45) is 16.6. The number of aromatic amines is 2. The molecule has 0 saturated carbocycles. The number of hydrogen-bond donors (Lipinski definition) is 6. The molecule has 12 nitrogen and oxygen atoms in total. The third kappa shape index (κ3) is 12.7. The molecule has 0 saturated heterocycles. The van der Waals surface area contributed by atoms with Crippen LogP contribution < -0.4 is 21.3 Å². The van der Waals surface area contributed by atoms with Crippen LogP contribution >= 0.6 is 39.1 Å². The Bertz CT molecular complexity index is 3370. The molecule has 366 valence electrons. The van der Waals surface area contributed by atoms with E-state index in [-0.39, 0.29) is 23.6 Å². The number of amides is 4. The second-order valence-corrected chi connectivity index (χ2v) is 19.3. The first-order valence-electron chi connectivity index (χ1n) is 23.2. The smallest absolute Gasteiger partial charge is 0.252 e. The van der Waals surface area contributed by atoms with Crippen LogP contribution in [-0.2, 0) is 44.9 Å². The van der Waals surface area contributed by atoms with E-state index in [1.54, 1.807) is 48.9 Å². The second kappa shape index (κ2) is 22.5. The molecule has 0 spiro atoms. The number of halogens is 3. The Morgan fingerprint density at radius 1 is 0.452 bits per heavy atom. The van der Waals surface area contributed by atoms with Crippen LogP contribution in [0.3, 0.4) is 0 Å².